The second-order valence-corrected chi connectivity index (χ2v) is 6.42. The summed E-state index contributed by atoms with van der Waals surface area (Å²) in [7, 11) is 0. The Balaban J connectivity index is 2.37. The third-order valence-electron chi connectivity index (χ3n) is 3.97. The molecule has 0 atom stereocenters. The average Bonchev–Trinajstić information content (AvgIpc) is 2.57. The van der Waals surface area contributed by atoms with Gasteiger partial charge in [-0.3, -0.25) is 0 Å². The number of anilines is 1. The maximum absolute atomic E-state index is 14.4. The minimum atomic E-state index is -0.802. The van der Waals surface area contributed by atoms with Crippen LogP contribution in [-0.4, -0.2) is 4.98 Å². The summed E-state index contributed by atoms with van der Waals surface area (Å²) in [5.74, 6) is -1.59. The first-order valence-electron chi connectivity index (χ1n) is 7.44. The second-order valence-electron chi connectivity index (χ2n) is 5.58. The molecule has 130 valence electrons. The summed E-state index contributed by atoms with van der Waals surface area (Å²) in [6.45, 7) is 1.67. The van der Waals surface area contributed by atoms with Gasteiger partial charge in [-0.2, -0.15) is 5.26 Å². The molecule has 7 heteroatoms. The number of halogens is 4. The number of nitrogen functional groups attached to an aromatic ring is 1. The van der Waals surface area contributed by atoms with E-state index in [0.717, 1.165) is 12.1 Å². The standard InChI is InChI=1S/C19H11Cl2F2N3/c1-9-17(13-5-3-11(22)7-16(13)23)14(8-24)19(25)26-18(9)12-4-2-10(20)6-15(12)21/h2-7H,1H3,(H2,25,26). The quantitative estimate of drug-likeness (QED) is 0.605. The van der Waals surface area contributed by atoms with Crippen molar-refractivity contribution in [2.45, 2.75) is 6.92 Å². The van der Waals surface area contributed by atoms with E-state index in [9.17, 15) is 14.0 Å². The predicted octanol–water partition coefficient (Wildman–Crippen LogP) is 5.76. The van der Waals surface area contributed by atoms with Crippen molar-refractivity contribution in [3.8, 4) is 28.5 Å². The number of pyridine rings is 1. The van der Waals surface area contributed by atoms with Crippen LogP contribution in [0.15, 0.2) is 36.4 Å². The van der Waals surface area contributed by atoms with Crippen LogP contribution in [0, 0.1) is 29.9 Å². The van der Waals surface area contributed by atoms with E-state index in [-0.39, 0.29) is 22.5 Å². The molecule has 0 unspecified atom stereocenters. The van der Waals surface area contributed by atoms with Crippen LogP contribution in [0.1, 0.15) is 11.1 Å². The van der Waals surface area contributed by atoms with Crippen LogP contribution in [0.5, 0.6) is 0 Å². The molecule has 2 N–H and O–H groups in total. The van der Waals surface area contributed by atoms with Gasteiger partial charge in [-0.15, -0.1) is 0 Å². The van der Waals surface area contributed by atoms with Crippen LogP contribution in [-0.2, 0) is 0 Å². The molecular weight excluding hydrogens is 379 g/mol. The van der Waals surface area contributed by atoms with E-state index in [2.05, 4.69) is 4.98 Å². The molecule has 0 amide bonds. The fourth-order valence-corrected chi connectivity index (χ4v) is 3.28. The van der Waals surface area contributed by atoms with Crippen LogP contribution in [0.4, 0.5) is 14.6 Å². The SMILES string of the molecule is Cc1c(-c2ccc(Cl)cc2Cl)nc(N)c(C#N)c1-c1ccc(F)cc1F. The van der Waals surface area contributed by atoms with E-state index in [1.165, 1.54) is 6.07 Å². The third-order valence-corrected chi connectivity index (χ3v) is 4.51. The molecule has 3 nitrogen and oxygen atoms in total. The first kappa shape index (κ1) is 18.1. The van der Waals surface area contributed by atoms with Crippen molar-refractivity contribution in [3.63, 3.8) is 0 Å². The summed E-state index contributed by atoms with van der Waals surface area (Å²) >= 11 is 12.2. The molecule has 0 spiro atoms. The molecule has 3 aromatic rings. The fourth-order valence-electron chi connectivity index (χ4n) is 2.78. The topological polar surface area (TPSA) is 62.7 Å². The number of nitrogens with two attached hydrogens (primary N) is 1. The minimum absolute atomic E-state index is 0.0156. The van der Waals surface area contributed by atoms with Crippen LogP contribution >= 0.6 is 23.2 Å². The molecular formula is C19H11Cl2F2N3. The highest BCUT2D eigenvalue weighted by molar-refractivity contribution is 6.36. The number of rotatable bonds is 2. The van der Waals surface area contributed by atoms with Crippen molar-refractivity contribution in [2.24, 2.45) is 0 Å². The van der Waals surface area contributed by atoms with Crippen molar-refractivity contribution in [1.82, 2.24) is 4.98 Å². The number of aromatic nitrogens is 1. The van der Waals surface area contributed by atoms with E-state index in [1.54, 1.807) is 25.1 Å². The Labute approximate surface area is 158 Å². The van der Waals surface area contributed by atoms with Gasteiger partial charge in [0.25, 0.3) is 0 Å². The zero-order valence-electron chi connectivity index (χ0n) is 13.4. The fraction of sp³-hybridized carbons (Fsp3) is 0.0526. The highest BCUT2D eigenvalue weighted by atomic mass is 35.5. The first-order chi connectivity index (χ1) is 12.3. The summed E-state index contributed by atoms with van der Waals surface area (Å²) < 4.78 is 27.7. The van der Waals surface area contributed by atoms with Crippen LogP contribution in [0.25, 0.3) is 22.4 Å². The molecule has 0 saturated heterocycles. The number of hydrogen-bond acceptors (Lipinski definition) is 3. The van der Waals surface area contributed by atoms with Gasteiger partial charge in [0, 0.05) is 27.8 Å². The molecule has 1 heterocycles. The molecule has 1 aromatic heterocycles. The number of nitrogens with zero attached hydrogens (tertiary/aromatic N) is 2. The molecule has 0 aliphatic carbocycles. The normalized spacial score (nSPS) is 10.6. The van der Waals surface area contributed by atoms with Gasteiger partial charge in [0.15, 0.2) is 0 Å². The Morgan fingerprint density at radius 2 is 1.77 bits per heavy atom. The first-order valence-corrected chi connectivity index (χ1v) is 8.20. The van der Waals surface area contributed by atoms with Crippen molar-refractivity contribution in [3.05, 3.63) is 69.2 Å². The molecule has 0 saturated carbocycles. The lowest BCUT2D eigenvalue weighted by molar-refractivity contribution is 0.585. The molecule has 0 bridgehead atoms. The predicted molar refractivity (Wildman–Crippen MR) is 98.9 cm³/mol. The van der Waals surface area contributed by atoms with Gasteiger partial charge in [0.2, 0.25) is 0 Å². The average molecular weight is 390 g/mol. The molecule has 0 radical (unpaired) electrons. The highest BCUT2D eigenvalue weighted by Gasteiger charge is 2.21. The van der Waals surface area contributed by atoms with Crippen LogP contribution < -0.4 is 5.73 Å². The third kappa shape index (κ3) is 3.10. The molecule has 0 aliphatic rings. The van der Waals surface area contributed by atoms with E-state index >= 15 is 0 Å². The van der Waals surface area contributed by atoms with Gasteiger partial charge in [0.05, 0.1) is 10.7 Å². The van der Waals surface area contributed by atoms with E-state index in [1.807, 2.05) is 6.07 Å². The molecule has 26 heavy (non-hydrogen) atoms. The monoisotopic (exact) mass is 389 g/mol. The minimum Gasteiger partial charge on any atom is -0.383 e. The zero-order valence-corrected chi connectivity index (χ0v) is 15.0. The Kier molecular flexibility index (Phi) is 4.82. The number of benzene rings is 2. The van der Waals surface area contributed by atoms with Crippen molar-refractivity contribution in [2.75, 3.05) is 5.73 Å². The second kappa shape index (κ2) is 6.91. The lowest BCUT2D eigenvalue weighted by Crippen LogP contribution is -2.04. The van der Waals surface area contributed by atoms with Crippen molar-refractivity contribution < 1.29 is 8.78 Å². The van der Waals surface area contributed by atoms with Gasteiger partial charge >= 0.3 is 0 Å². The Hall–Kier alpha value is -2.68. The van der Waals surface area contributed by atoms with Gasteiger partial charge in [-0.25, -0.2) is 13.8 Å². The molecule has 2 aromatic carbocycles. The number of nitriles is 1. The number of hydrogen-bond donors (Lipinski definition) is 1. The largest absolute Gasteiger partial charge is 0.383 e. The summed E-state index contributed by atoms with van der Waals surface area (Å²) in [5, 5.41) is 10.3. The summed E-state index contributed by atoms with van der Waals surface area (Å²) in [4.78, 5) is 4.27. The maximum Gasteiger partial charge on any atom is 0.142 e. The Bertz CT molecular complexity index is 1080. The molecule has 0 fully saturated rings. The summed E-state index contributed by atoms with van der Waals surface area (Å²) in [6, 6.07) is 9.92. The van der Waals surface area contributed by atoms with Crippen molar-refractivity contribution >= 4 is 29.0 Å². The highest BCUT2D eigenvalue weighted by Crippen LogP contribution is 2.39. The van der Waals surface area contributed by atoms with Gasteiger partial charge in [-0.05, 0) is 42.8 Å². The Morgan fingerprint density at radius 3 is 2.38 bits per heavy atom. The smallest absolute Gasteiger partial charge is 0.142 e. The molecule has 3 rings (SSSR count). The van der Waals surface area contributed by atoms with Crippen LogP contribution in [0.3, 0.4) is 0 Å². The van der Waals surface area contributed by atoms with E-state index < -0.39 is 11.6 Å². The lowest BCUT2D eigenvalue weighted by Gasteiger charge is -2.16. The van der Waals surface area contributed by atoms with Crippen LogP contribution in [0.2, 0.25) is 10.0 Å². The Morgan fingerprint density at radius 1 is 1.08 bits per heavy atom. The van der Waals surface area contributed by atoms with Crippen molar-refractivity contribution in [1.29, 1.82) is 5.26 Å². The van der Waals surface area contributed by atoms with Gasteiger partial charge in [-0.1, -0.05) is 23.2 Å². The lowest BCUT2D eigenvalue weighted by atomic mass is 9.92. The van der Waals surface area contributed by atoms with Gasteiger partial charge in [0.1, 0.15) is 29.1 Å². The van der Waals surface area contributed by atoms with Gasteiger partial charge < -0.3 is 5.73 Å². The van der Waals surface area contributed by atoms with E-state index in [4.69, 9.17) is 28.9 Å². The summed E-state index contributed by atoms with van der Waals surface area (Å²) in [6.07, 6.45) is 0. The summed E-state index contributed by atoms with van der Waals surface area (Å²) in [5.41, 5.74) is 7.68. The van der Waals surface area contributed by atoms with E-state index in [0.29, 0.717) is 26.9 Å². The molecule has 0 aliphatic heterocycles. The zero-order chi connectivity index (χ0) is 19.0. The maximum atomic E-state index is 14.4.